The lowest BCUT2D eigenvalue weighted by Crippen LogP contribution is -2.30. The van der Waals surface area contributed by atoms with Crippen molar-refractivity contribution in [1.29, 1.82) is 0 Å². The average Bonchev–Trinajstić information content (AvgIpc) is 2.64. The number of furan rings is 1. The number of hydrogen-bond donors (Lipinski definition) is 1. The smallest absolute Gasteiger partial charge is 0.428 e. The highest BCUT2D eigenvalue weighted by molar-refractivity contribution is 5.96. The molecule has 0 saturated carbocycles. The molecule has 16 heavy (non-hydrogen) atoms. The fourth-order valence-corrected chi connectivity index (χ4v) is 0.970. The minimum absolute atomic E-state index is 0.530. The van der Waals surface area contributed by atoms with Crippen LogP contribution in [0.15, 0.2) is 27.9 Å². The van der Waals surface area contributed by atoms with E-state index in [1.807, 2.05) is 0 Å². The van der Waals surface area contributed by atoms with Crippen molar-refractivity contribution in [2.75, 3.05) is 0 Å². The lowest BCUT2D eigenvalue weighted by Gasteiger charge is -2.18. The number of hydrogen-bond acceptors (Lipinski definition) is 4. The molecule has 0 unspecified atom stereocenters. The van der Waals surface area contributed by atoms with E-state index in [-0.39, 0.29) is 0 Å². The molecule has 0 aromatic carbocycles. The van der Waals surface area contributed by atoms with Gasteiger partial charge in [0.2, 0.25) is 0 Å². The van der Waals surface area contributed by atoms with E-state index in [0.717, 1.165) is 0 Å². The van der Waals surface area contributed by atoms with Crippen LogP contribution in [0.3, 0.4) is 0 Å². The number of amides is 1. The molecule has 0 radical (unpaired) electrons. The number of carbonyl (C=O) groups excluding carboxylic acids is 1. The molecule has 0 aliphatic rings. The molecular weight excluding hydrogens is 208 g/mol. The molecule has 88 valence electrons. The SMILES string of the molecule is C/C(=N\NC(=O)OC(C)(C)C)c1ccco1. The lowest BCUT2D eigenvalue weighted by atomic mass is 10.2. The second-order valence-electron chi connectivity index (χ2n) is 4.29. The first kappa shape index (κ1) is 12.3. The minimum Gasteiger partial charge on any atom is -0.463 e. The Balaban J connectivity index is 2.51. The van der Waals surface area contributed by atoms with Gasteiger partial charge in [-0.1, -0.05) is 0 Å². The van der Waals surface area contributed by atoms with Gasteiger partial charge in [0.25, 0.3) is 0 Å². The third-order valence-corrected chi connectivity index (χ3v) is 1.59. The number of rotatable bonds is 2. The van der Waals surface area contributed by atoms with Gasteiger partial charge in [-0.25, -0.2) is 10.2 Å². The van der Waals surface area contributed by atoms with Crippen LogP contribution in [-0.4, -0.2) is 17.4 Å². The molecule has 0 aliphatic carbocycles. The van der Waals surface area contributed by atoms with E-state index in [1.54, 1.807) is 46.1 Å². The first-order valence-corrected chi connectivity index (χ1v) is 4.95. The van der Waals surface area contributed by atoms with Gasteiger partial charge in [0.1, 0.15) is 17.1 Å². The van der Waals surface area contributed by atoms with Crippen LogP contribution in [0, 0.1) is 0 Å². The quantitative estimate of drug-likeness (QED) is 0.620. The summed E-state index contributed by atoms with van der Waals surface area (Å²) >= 11 is 0. The molecule has 1 rings (SSSR count). The molecule has 0 atom stereocenters. The third kappa shape index (κ3) is 4.16. The number of hydrazone groups is 1. The predicted octanol–water partition coefficient (Wildman–Crippen LogP) is 2.53. The first-order valence-electron chi connectivity index (χ1n) is 4.95. The molecule has 1 aromatic rings. The second kappa shape index (κ2) is 4.83. The lowest BCUT2D eigenvalue weighted by molar-refractivity contribution is 0.0529. The summed E-state index contributed by atoms with van der Waals surface area (Å²) in [5.41, 5.74) is 2.34. The Labute approximate surface area is 94.5 Å². The Hall–Kier alpha value is -1.78. The minimum atomic E-state index is -0.585. The fraction of sp³-hybridized carbons (Fsp3) is 0.455. The van der Waals surface area contributed by atoms with Gasteiger partial charge in [0.05, 0.1) is 6.26 Å². The van der Waals surface area contributed by atoms with Crippen LogP contribution in [0.5, 0.6) is 0 Å². The van der Waals surface area contributed by atoms with Gasteiger partial charge in [-0.05, 0) is 39.8 Å². The summed E-state index contributed by atoms with van der Waals surface area (Å²) in [5, 5.41) is 3.85. The molecule has 1 heterocycles. The molecular formula is C11H16N2O3. The molecule has 0 fully saturated rings. The van der Waals surface area contributed by atoms with E-state index < -0.39 is 11.7 Å². The van der Waals surface area contributed by atoms with Crippen LogP contribution in [-0.2, 0) is 4.74 Å². The van der Waals surface area contributed by atoms with Gasteiger partial charge in [-0.2, -0.15) is 5.10 Å². The van der Waals surface area contributed by atoms with Crippen molar-refractivity contribution in [3.05, 3.63) is 24.2 Å². The predicted molar refractivity (Wildman–Crippen MR) is 60.3 cm³/mol. The average molecular weight is 224 g/mol. The van der Waals surface area contributed by atoms with Crippen molar-refractivity contribution < 1.29 is 13.9 Å². The summed E-state index contributed by atoms with van der Waals surface area (Å²) in [6.07, 6.45) is 0.959. The molecule has 5 nitrogen and oxygen atoms in total. The van der Waals surface area contributed by atoms with Crippen LogP contribution >= 0.6 is 0 Å². The highest BCUT2D eigenvalue weighted by Gasteiger charge is 2.15. The Morgan fingerprint density at radius 2 is 2.19 bits per heavy atom. The number of ether oxygens (including phenoxy) is 1. The van der Waals surface area contributed by atoms with Crippen LogP contribution in [0.25, 0.3) is 0 Å². The van der Waals surface area contributed by atoms with Crippen molar-refractivity contribution in [3.8, 4) is 0 Å². The van der Waals surface area contributed by atoms with Crippen molar-refractivity contribution >= 4 is 11.8 Å². The molecule has 5 heteroatoms. The van der Waals surface area contributed by atoms with Crippen molar-refractivity contribution in [1.82, 2.24) is 5.43 Å². The van der Waals surface area contributed by atoms with E-state index in [9.17, 15) is 4.79 Å². The summed E-state index contributed by atoms with van der Waals surface area (Å²) in [4.78, 5) is 11.3. The summed E-state index contributed by atoms with van der Waals surface area (Å²) in [7, 11) is 0. The summed E-state index contributed by atoms with van der Waals surface area (Å²) in [6, 6.07) is 3.51. The topological polar surface area (TPSA) is 63.8 Å². The Kier molecular flexibility index (Phi) is 3.71. The third-order valence-electron chi connectivity index (χ3n) is 1.59. The number of nitrogens with zero attached hydrogens (tertiary/aromatic N) is 1. The highest BCUT2D eigenvalue weighted by Crippen LogP contribution is 2.06. The Morgan fingerprint density at radius 1 is 1.50 bits per heavy atom. The summed E-state index contributed by atoms with van der Waals surface area (Å²) in [6.45, 7) is 7.09. The van der Waals surface area contributed by atoms with Gasteiger partial charge >= 0.3 is 6.09 Å². The Bertz CT molecular complexity index is 374. The molecule has 0 bridgehead atoms. The van der Waals surface area contributed by atoms with Gasteiger partial charge < -0.3 is 9.15 Å². The highest BCUT2D eigenvalue weighted by atomic mass is 16.6. The Morgan fingerprint density at radius 3 is 2.69 bits per heavy atom. The van der Waals surface area contributed by atoms with E-state index in [2.05, 4.69) is 10.5 Å². The zero-order valence-corrected chi connectivity index (χ0v) is 9.90. The second-order valence-corrected chi connectivity index (χ2v) is 4.29. The number of carbonyl (C=O) groups is 1. The van der Waals surface area contributed by atoms with Gasteiger partial charge in [0, 0.05) is 0 Å². The van der Waals surface area contributed by atoms with Crippen molar-refractivity contribution in [2.45, 2.75) is 33.3 Å². The maximum Gasteiger partial charge on any atom is 0.428 e. The molecule has 1 N–H and O–H groups in total. The van der Waals surface area contributed by atoms with Gasteiger partial charge in [-0.3, -0.25) is 0 Å². The normalized spacial score (nSPS) is 12.4. The van der Waals surface area contributed by atoms with Crippen LogP contribution in [0.4, 0.5) is 4.79 Å². The van der Waals surface area contributed by atoms with Gasteiger partial charge in [-0.15, -0.1) is 0 Å². The zero-order chi connectivity index (χ0) is 12.2. The molecule has 0 spiro atoms. The number of nitrogens with one attached hydrogen (secondary N) is 1. The molecule has 1 amide bonds. The van der Waals surface area contributed by atoms with Crippen LogP contribution in [0.1, 0.15) is 33.5 Å². The van der Waals surface area contributed by atoms with Crippen molar-refractivity contribution in [3.63, 3.8) is 0 Å². The standard InChI is InChI=1S/C11H16N2O3/c1-8(9-6-5-7-15-9)12-13-10(14)16-11(2,3)4/h5-7H,1-4H3,(H,13,14)/b12-8+. The zero-order valence-electron chi connectivity index (χ0n) is 9.90. The molecule has 0 saturated heterocycles. The van der Waals surface area contributed by atoms with Crippen molar-refractivity contribution in [2.24, 2.45) is 5.10 Å². The van der Waals surface area contributed by atoms with Crippen LogP contribution < -0.4 is 5.43 Å². The molecule has 0 aliphatic heterocycles. The fourth-order valence-electron chi connectivity index (χ4n) is 0.970. The molecule has 1 aromatic heterocycles. The van der Waals surface area contributed by atoms with E-state index in [0.29, 0.717) is 11.5 Å². The maximum atomic E-state index is 11.3. The first-order chi connectivity index (χ1) is 7.38. The maximum absolute atomic E-state index is 11.3. The summed E-state index contributed by atoms with van der Waals surface area (Å²) < 4.78 is 10.1. The van der Waals surface area contributed by atoms with E-state index >= 15 is 0 Å². The van der Waals surface area contributed by atoms with E-state index in [1.165, 1.54) is 0 Å². The van der Waals surface area contributed by atoms with E-state index in [4.69, 9.17) is 9.15 Å². The van der Waals surface area contributed by atoms with Crippen LogP contribution in [0.2, 0.25) is 0 Å². The largest absolute Gasteiger partial charge is 0.463 e. The summed E-state index contributed by atoms with van der Waals surface area (Å²) in [5.74, 6) is 0.607. The monoisotopic (exact) mass is 224 g/mol. The van der Waals surface area contributed by atoms with Gasteiger partial charge in [0.15, 0.2) is 0 Å².